The SMILES string of the molecule is CSCCC(NC(=O)C(NC(=O)C(N)Cc1ccccc1)C(C)C)C(=O)NC(CC(C)C)C(=O)O. The average molecular weight is 509 g/mol. The number of amides is 3. The third-order valence-electron chi connectivity index (χ3n) is 5.45. The van der Waals surface area contributed by atoms with E-state index in [1.54, 1.807) is 13.8 Å². The Balaban J connectivity index is 2.89. The number of benzene rings is 1. The maximum Gasteiger partial charge on any atom is 0.326 e. The molecule has 0 radical (unpaired) electrons. The molecule has 0 bridgehead atoms. The van der Waals surface area contributed by atoms with Crippen molar-refractivity contribution in [2.75, 3.05) is 12.0 Å². The van der Waals surface area contributed by atoms with Crippen LogP contribution < -0.4 is 21.7 Å². The van der Waals surface area contributed by atoms with Gasteiger partial charge in [-0.15, -0.1) is 0 Å². The fourth-order valence-corrected chi connectivity index (χ4v) is 3.96. The number of aliphatic carboxylic acids is 1. The first-order valence-corrected chi connectivity index (χ1v) is 13.3. The molecule has 1 aromatic carbocycles. The lowest BCUT2D eigenvalue weighted by molar-refractivity contribution is -0.142. The van der Waals surface area contributed by atoms with Crippen molar-refractivity contribution < 1.29 is 24.3 Å². The summed E-state index contributed by atoms with van der Waals surface area (Å²) in [4.78, 5) is 50.3. The minimum absolute atomic E-state index is 0.0660. The van der Waals surface area contributed by atoms with E-state index in [2.05, 4.69) is 16.0 Å². The highest BCUT2D eigenvalue weighted by atomic mass is 32.2. The van der Waals surface area contributed by atoms with Crippen LogP contribution in [0.3, 0.4) is 0 Å². The Labute approximate surface area is 212 Å². The fourth-order valence-electron chi connectivity index (χ4n) is 3.49. The molecule has 0 aliphatic carbocycles. The monoisotopic (exact) mass is 508 g/mol. The molecule has 0 aliphatic rings. The van der Waals surface area contributed by atoms with Crippen molar-refractivity contribution in [2.24, 2.45) is 17.6 Å². The number of carbonyl (C=O) groups excluding carboxylic acids is 3. The van der Waals surface area contributed by atoms with Crippen LogP contribution in [0.4, 0.5) is 0 Å². The molecule has 1 aromatic rings. The standard InChI is InChI=1S/C25H40N4O5S/c1-15(2)13-20(25(33)34)28-23(31)19(11-12-35-5)27-24(32)21(16(3)4)29-22(30)18(26)14-17-9-7-6-8-10-17/h6-10,15-16,18-21H,11-14,26H2,1-5H3,(H,27,32)(H,28,31)(H,29,30)(H,33,34). The van der Waals surface area contributed by atoms with Gasteiger partial charge >= 0.3 is 5.97 Å². The molecule has 0 saturated carbocycles. The third kappa shape index (κ3) is 11.1. The van der Waals surface area contributed by atoms with E-state index in [0.29, 0.717) is 18.6 Å². The number of rotatable bonds is 15. The summed E-state index contributed by atoms with van der Waals surface area (Å²) in [5.41, 5.74) is 6.98. The van der Waals surface area contributed by atoms with Crippen molar-refractivity contribution in [3.63, 3.8) is 0 Å². The Morgan fingerprint density at radius 2 is 1.51 bits per heavy atom. The van der Waals surface area contributed by atoms with Crippen LogP contribution in [0.1, 0.15) is 46.1 Å². The zero-order chi connectivity index (χ0) is 26.5. The van der Waals surface area contributed by atoms with E-state index in [0.717, 1.165) is 5.56 Å². The first-order valence-electron chi connectivity index (χ1n) is 11.9. The zero-order valence-electron chi connectivity index (χ0n) is 21.2. The molecule has 9 nitrogen and oxygen atoms in total. The van der Waals surface area contributed by atoms with Gasteiger partial charge in [-0.25, -0.2) is 4.79 Å². The van der Waals surface area contributed by atoms with Crippen LogP contribution in [-0.4, -0.2) is 65.0 Å². The van der Waals surface area contributed by atoms with E-state index in [-0.39, 0.29) is 18.3 Å². The van der Waals surface area contributed by atoms with Gasteiger partial charge in [0, 0.05) is 0 Å². The molecule has 35 heavy (non-hydrogen) atoms. The second-order valence-corrected chi connectivity index (χ2v) is 10.4. The molecule has 6 N–H and O–H groups in total. The maximum absolute atomic E-state index is 13.1. The quantitative estimate of drug-likeness (QED) is 0.241. The van der Waals surface area contributed by atoms with Gasteiger partial charge in [0.15, 0.2) is 0 Å². The van der Waals surface area contributed by atoms with Crippen molar-refractivity contribution in [1.82, 2.24) is 16.0 Å². The van der Waals surface area contributed by atoms with Gasteiger partial charge in [-0.2, -0.15) is 11.8 Å². The van der Waals surface area contributed by atoms with Gasteiger partial charge in [0.1, 0.15) is 18.1 Å². The van der Waals surface area contributed by atoms with Crippen molar-refractivity contribution >= 4 is 35.5 Å². The van der Waals surface area contributed by atoms with Crippen molar-refractivity contribution in [3.8, 4) is 0 Å². The minimum atomic E-state index is -1.12. The van der Waals surface area contributed by atoms with E-state index in [1.807, 2.05) is 50.4 Å². The topological polar surface area (TPSA) is 151 Å². The summed E-state index contributed by atoms with van der Waals surface area (Å²) in [6.07, 6.45) is 2.79. The highest BCUT2D eigenvalue weighted by Crippen LogP contribution is 2.10. The molecular formula is C25H40N4O5S. The molecule has 0 saturated heterocycles. The number of hydrogen-bond donors (Lipinski definition) is 5. The van der Waals surface area contributed by atoms with Crippen molar-refractivity contribution in [1.29, 1.82) is 0 Å². The zero-order valence-corrected chi connectivity index (χ0v) is 22.1. The largest absolute Gasteiger partial charge is 0.480 e. The van der Waals surface area contributed by atoms with Gasteiger partial charge in [0.2, 0.25) is 17.7 Å². The molecule has 4 unspecified atom stereocenters. The molecule has 0 heterocycles. The lowest BCUT2D eigenvalue weighted by atomic mass is 10.0. The van der Waals surface area contributed by atoms with Gasteiger partial charge < -0.3 is 26.8 Å². The highest BCUT2D eigenvalue weighted by molar-refractivity contribution is 7.98. The van der Waals surface area contributed by atoms with Crippen LogP contribution in [0.25, 0.3) is 0 Å². The molecule has 4 atom stereocenters. The molecule has 1 rings (SSSR count). The molecule has 0 aromatic heterocycles. The van der Waals surface area contributed by atoms with Gasteiger partial charge in [-0.05, 0) is 48.7 Å². The average Bonchev–Trinajstić information content (AvgIpc) is 2.79. The van der Waals surface area contributed by atoms with E-state index < -0.39 is 47.9 Å². The Morgan fingerprint density at radius 3 is 2.03 bits per heavy atom. The first-order chi connectivity index (χ1) is 16.5. The predicted molar refractivity (Wildman–Crippen MR) is 139 cm³/mol. The van der Waals surface area contributed by atoms with Crippen LogP contribution in [0, 0.1) is 11.8 Å². The molecule has 196 valence electrons. The van der Waals surface area contributed by atoms with Gasteiger partial charge in [-0.3, -0.25) is 14.4 Å². The van der Waals surface area contributed by atoms with Crippen LogP contribution in [0.15, 0.2) is 30.3 Å². The summed E-state index contributed by atoms with van der Waals surface area (Å²) in [7, 11) is 0. The molecule has 0 spiro atoms. The number of carboxylic acid groups (broad SMARTS) is 1. The summed E-state index contributed by atoms with van der Waals surface area (Å²) in [6.45, 7) is 7.31. The van der Waals surface area contributed by atoms with Crippen LogP contribution in [0.2, 0.25) is 0 Å². The number of carbonyl (C=O) groups is 4. The second-order valence-electron chi connectivity index (χ2n) is 9.40. The highest BCUT2D eigenvalue weighted by Gasteiger charge is 2.31. The smallest absolute Gasteiger partial charge is 0.326 e. The predicted octanol–water partition coefficient (Wildman–Crippen LogP) is 1.55. The van der Waals surface area contributed by atoms with E-state index in [4.69, 9.17) is 5.73 Å². The number of hydrogen-bond acceptors (Lipinski definition) is 6. The maximum atomic E-state index is 13.1. The van der Waals surface area contributed by atoms with Crippen molar-refractivity contribution in [3.05, 3.63) is 35.9 Å². The number of nitrogens with two attached hydrogens (primary N) is 1. The van der Waals surface area contributed by atoms with E-state index >= 15 is 0 Å². The van der Waals surface area contributed by atoms with E-state index in [1.165, 1.54) is 11.8 Å². The van der Waals surface area contributed by atoms with Gasteiger partial charge in [0.25, 0.3) is 0 Å². The summed E-state index contributed by atoms with van der Waals surface area (Å²) in [5, 5.41) is 17.4. The van der Waals surface area contributed by atoms with Crippen LogP contribution in [-0.2, 0) is 25.6 Å². The molecule has 10 heteroatoms. The Bertz CT molecular complexity index is 834. The fraction of sp³-hybridized carbons (Fsp3) is 0.600. The number of thioether (sulfide) groups is 1. The summed E-state index contributed by atoms with van der Waals surface area (Å²) < 4.78 is 0. The summed E-state index contributed by atoms with van der Waals surface area (Å²) in [5.74, 6) is -2.28. The Morgan fingerprint density at radius 1 is 0.914 bits per heavy atom. The Hall–Kier alpha value is -2.59. The molecule has 0 aliphatic heterocycles. The second kappa shape index (κ2) is 15.4. The third-order valence-corrected chi connectivity index (χ3v) is 6.09. The first kappa shape index (κ1) is 30.4. The van der Waals surface area contributed by atoms with Gasteiger partial charge in [-0.1, -0.05) is 58.0 Å². The normalized spacial score (nSPS) is 14.6. The molecule has 3 amide bonds. The number of carboxylic acids is 1. The summed E-state index contributed by atoms with van der Waals surface area (Å²) in [6, 6.07) is 5.62. The van der Waals surface area contributed by atoms with Gasteiger partial charge in [0.05, 0.1) is 6.04 Å². The molecule has 0 fully saturated rings. The Kier molecular flexibility index (Phi) is 13.4. The van der Waals surface area contributed by atoms with Crippen molar-refractivity contribution in [2.45, 2.75) is 71.1 Å². The van der Waals surface area contributed by atoms with Crippen LogP contribution >= 0.6 is 11.8 Å². The lowest BCUT2D eigenvalue weighted by Crippen LogP contribution is -2.58. The van der Waals surface area contributed by atoms with E-state index in [9.17, 15) is 24.3 Å². The van der Waals surface area contributed by atoms with Crippen LogP contribution in [0.5, 0.6) is 0 Å². The lowest BCUT2D eigenvalue weighted by Gasteiger charge is -2.27. The molecular weight excluding hydrogens is 468 g/mol. The summed E-state index contributed by atoms with van der Waals surface area (Å²) >= 11 is 1.51. The number of nitrogens with one attached hydrogen (secondary N) is 3. The minimum Gasteiger partial charge on any atom is -0.480 e.